The van der Waals surface area contributed by atoms with Gasteiger partial charge in [-0.1, -0.05) is 46.9 Å². The van der Waals surface area contributed by atoms with Crippen LogP contribution in [0.3, 0.4) is 0 Å². The minimum Gasteiger partial charge on any atom is -0.454 e. The molecule has 0 bridgehead atoms. The molecular formula is C14H8Cl3NO3. The summed E-state index contributed by atoms with van der Waals surface area (Å²) in [4.78, 5) is 27.4. The number of hydrogen-bond donors (Lipinski definition) is 0. The molecule has 0 fully saturated rings. The number of rotatable bonds is 4. The van der Waals surface area contributed by atoms with Gasteiger partial charge in [-0.3, -0.25) is 4.79 Å². The molecule has 1 heterocycles. The molecule has 0 aliphatic heterocycles. The van der Waals surface area contributed by atoms with Gasteiger partial charge in [0, 0.05) is 11.8 Å². The van der Waals surface area contributed by atoms with Crippen LogP contribution in [-0.4, -0.2) is 23.3 Å². The quantitative estimate of drug-likeness (QED) is 0.476. The van der Waals surface area contributed by atoms with Gasteiger partial charge in [-0.05, 0) is 18.2 Å². The Hall–Kier alpha value is -1.62. The molecule has 0 aliphatic rings. The van der Waals surface area contributed by atoms with Gasteiger partial charge in [-0.2, -0.15) is 0 Å². The maximum absolute atomic E-state index is 11.9. The van der Waals surface area contributed by atoms with Crippen molar-refractivity contribution in [2.75, 3.05) is 6.61 Å². The van der Waals surface area contributed by atoms with Crippen molar-refractivity contribution in [2.45, 2.75) is 0 Å². The molecule has 0 aliphatic carbocycles. The van der Waals surface area contributed by atoms with Crippen LogP contribution in [0.15, 0.2) is 36.5 Å². The van der Waals surface area contributed by atoms with E-state index in [2.05, 4.69) is 4.98 Å². The van der Waals surface area contributed by atoms with Crippen LogP contribution in [0.4, 0.5) is 0 Å². The van der Waals surface area contributed by atoms with Gasteiger partial charge in [-0.25, -0.2) is 9.78 Å². The molecule has 0 atom stereocenters. The summed E-state index contributed by atoms with van der Waals surface area (Å²) in [6.45, 7) is -0.428. The molecule has 4 nitrogen and oxygen atoms in total. The fourth-order valence-electron chi connectivity index (χ4n) is 1.51. The highest BCUT2D eigenvalue weighted by Crippen LogP contribution is 2.20. The monoisotopic (exact) mass is 343 g/mol. The molecule has 0 saturated heterocycles. The topological polar surface area (TPSA) is 56.3 Å². The van der Waals surface area contributed by atoms with E-state index in [1.807, 2.05) is 0 Å². The molecule has 2 rings (SSSR count). The highest BCUT2D eigenvalue weighted by atomic mass is 35.5. The van der Waals surface area contributed by atoms with E-state index in [0.29, 0.717) is 10.6 Å². The second kappa shape index (κ2) is 6.89. The van der Waals surface area contributed by atoms with Crippen LogP contribution >= 0.6 is 34.8 Å². The third-order valence-electron chi connectivity index (χ3n) is 2.54. The van der Waals surface area contributed by atoms with Crippen LogP contribution in [0.1, 0.15) is 20.7 Å². The molecule has 2 aromatic rings. The molecule has 0 unspecified atom stereocenters. The van der Waals surface area contributed by atoms with E-state index >= 15 is 0 Å². The molecule has 1 aromatic heterocycles. The largest absolute Gasteiger partial charge is 0.454 e. The summed E-state index contributed by atoms with van der Waals surface area (Å²) in [5.41, 5.74) is 0.399. The van der Waals surface area contributed by atoms with Gasteiger partial charge >= 0.3 is 5.97 Å². The van der Waals surface area contributed by atoms with Crippen molar-refractivity contribution in [2.24, 2.45) is 0 Å². The molecule has 1 aromatic carbocycles. The first-order chi connectivity index (χ1) is 9.99. The first kappa shape index (κ1) is 15.8. The van der Waals surface area contributed by atoms with E-state index in [4.69, 9.17) is 39.5 Å². The lowest BCUT2D eigenvalue weighted by molar-refractivity contribution is 0.0474. The Balaban J connectivity index is 2.02. The van der Waals surface area contributed by atoms with Gasteiger partial charge in [0.05, 0.1) is 15.6 Å². The molecule has 0 N–H and O–H groups in total. The SMILES string of the molecule is O=C(OCC(=O)c1ccccc1Cl)c1cnc(Cl)c(Cl)c1. The maximum Gasteiger partial charge on any atom is 0.340 e. The number of carbonyl (C=O) groups excluding carboxylic acids is 2. The Labute approximate surface area is 135 Å². The maximum atomic E-state index is 11.9. The van der Waals surface area contributed by atoms with E-state index in [1.165, 1.54) is 12.3 Å². The highest BCUT2D eigenvalue weighted by Gasteiger charge is 2.15. The van der Waals surface area contributed by atoms with Crippen molar-refractivity contribution in [3.63, 3.8) is 0 Å². The smallest absolute Gasteiger partial charge is 0.340 e. The van der Waals surface area contributed by atoms with E-state index in [9.17, 15) is 9.59 Å². The van der Waals surface area contributed by atoms with E-state index in [0.717, 1.165) is 0 Å². The van der Waals surface area contributed by atoms with Crippen LogP contribution in [-0.2, 0) is 4.74 Å². The Morgan fingerprint density at radius 3 is 2.48 bits per heavy atom. The number of hydrogen-bond acceptors (Lipinski definition) is 4. The zero-order valence-corrected chi connectivity index (χ0v) is 12.7. The molecule has 7 heteroatoms. The third kappa shape index (κ3) is 3.94. The zero-order chi connectivity index (χ0) is 15.4. The highest BCUT2D eigenvalue weighted by molar-refractivity contribution is 6.41. The molecule has 0 radical (unpaired) electrons. The number of ketones is 1. The molecule has 0 amide bonds. The molecule has 21 heavy (non-hydrogen) atoms. The lowest BCUT2D eigenvalue weighted by Crippen LogP contribution is -2.14. The number of aromatic nitrogens is 1. The predicted molar refractivity (Wildman–Crippen MR) is 80.3 cm³/mol. The average Bonchev–Trinajstić information content (AvgIpc) is 2.47. The van der Waals surface area contributed by atoms with Crippen molar-refractivity contribution in [3.05, 3.63) is 62.9 Å². The first-order valence-corrected chi connectivity index (χ1v) is 6.88. The van der Waals surface area contributed by atoms with Gasteiger partial charge in [0.1, 0.15) is 5.15 Å². The second-order valence-corrected chi connectivity index (χ2v) is 5.15. The number of benzene rings is 1. The number of halogens is 3. The predicted octanol–water partition coefficient (Wildman–Crippen LogP) is 4.08. The second-order valence-electron chi connectivity index (χ2n) is 3.98. The van der Waals surface area contributed by atoms with Gasteiger partial charge < -0.3 is 4.74 Å². The van der Waals surface area contributed by atoms with Crippen LogP contribution in [0, 0.1) is 0 Å². The Kier molecular flexibility index (Phi) is 5.17. The van der Waals surface area contributed by atoms with Gasteiger partial charge in [-0.15, -0.1) is 0 Å². The number of carbonyl (C=O) groups is 2. The van der Waals surface area contributed by atoms with Crippen molar-refractivity contribution in [1.29, 1.82) is 0 Å². The summed E-state index contributed by atoms with van der Waals surface area (Å²) in [6.07, 6.45) is 1.22. The number of pyridine rings is 1. The number of Topliss-reactive ketones (excluding diaryl/α,β-unsaturated/α-hetero) is 1. The van der Waals surface area contributed by atoms with Gasteiger partial charge in [0.25, 0.3) is 0 Å². The summed E-state index contributed by atoms with van der Waals surface area (Å²) in [5.74, 6) is -1.12. The Morgan fingerprint density at radius 2 is 1.81 bits per heavy atom. The summed E-state index contributed by atoms with van der Waals surface area (Å²) in [6, 6.07) is 7.83. The minimum absolute atomic E-state index is 0.0837. The fourth-order valence-corrected chi connectivity index (χ4v) is 2.02. The summed E-state index contributed by atoms with van der Waals surface area (Å²) >= 11 is 17.3. The molecular weight excluding hydrogens is 337 g/mol. The van der Waals surface area contributed by atoms with Crippen LogP contribution in [0.25, 0.3) is 0 Å². The Morgan fingerprint density at radius 1 is 1.10 bits per heavy atom. The molecule has 108 valence electrons. The van der Waals surface area contributed by atoms with Crippen molar-refractivity contribution < 1.29 is 14.3 Å². The molecule has 0 spiro atoms. The number of esters is 1. The average molecular weight is 345 g/mol. The van der Waals surface area contributed by atoms with E-state index < -0.39 is 18.4 Å². The van der Waals surface area contributed by atoms with Crippen LogP contribution < -0.4 is 0 Å². The Bertz CT molecular complexity index is 704. The van der Waals surface area contributed by atoms with Gasteiger partial charge in [0.2, 0.25) is 5.78 Å². The van der Waals surface area contributed by atoms with Crippen molar-refractivity contribution >= 4 is 46.6 Å². The molecule has 0 saturated carbocycles. The first-order valence-electron chi connectivity index (χ1n) is 5.75. The fraction of sp³-hybridized carbons (Fsp3) is 0.0714. The van der Waals surface area contributed by atoms with Crippen molar-refractivity contribution in [3.8, 4) is 0 Å². The lowest BCUT2D eigenvalue weighted by atomic mass is 10.1. The lowest BCUT2D eigenvalue weighted by Gasteiger charge is -2.06. The summed E-state index contributed by atoms with van der Waals surface area (Å²) in [7, 11) is 0. The standard InChI is InChI=1S/C14H8Cl3NO3/c15-10-4-2-1-3-9(10)12(19)7-21-14(20)8-5-11(16)13(17)18-6-8/h1-6H,7H2. The van der Waals surface area contributed by atoms with Crippen LogP contribution in [0.2, 0.25) is 15.2 Å². The van der Waals surface area contributed by atoms with E-state index in [-0.39, 0.29) is 15.7 Å². The summed E-state index contributed by atoms with van der Waals surface area (Å²) in [5, 5.41) is 0.513. The minimum atomic E-state index is -0.721. The van der Waals surface area contributed by atoms with E-state index in [1.54, 1.807) is 24.3 Å². The number of ether oxygens (including phenoxy) is 1. The van der Waals surface area contributed by atoms with Gasteiger partial charge in [0.15, 0.2) is 6.61 Å². The summed E-state index contributed by atoms with van der Waals surface area (Å²) < 4.78 is 4.91. The van der Waals surface area contributed by atoms with Crippen LogP contribution in [0.5, 0.6) is 0 Å². The number of nitrogens with zero attached hydrogens (tertiary/aromatic N) is 1. The van der Waals surface area contributed by atoms with Crippen molar-refractivity contribution in [1.82, 2.24) is 4.98 Å². The normalized spacial score (nSPS) is 10.2. The zero-order valence-electron chi connectivity index (χ0n) is 10.5. The third-order valence-corrected chi connectivity index (χ3v) is 3.56.